The number of carbonyl (C=O) groups is 2. The Morgan fingerprint density at radius 2 is 1.83 bits per heavy atom. The van der Waals surface area contributed by atoms with Crippen LogP contribution in [0.4, 0.5) is 0 Å². The number of nitrogens with one attached hydrogen (secondary N) is 2. The van der Waals surface area contributed by atoms with Gasteiger partial charge in [-0.15, -0.1) is 6.58 Å². The number of guanidine groups is 1. The topological polar surface area (TPSA) is 135 Å². The smallest absolute Gasteiger partial charge is 0.258 e. The van der Waals surface area contributed by atoms with E-state index in [0.29, 0.717) is 31.7 Å². The number of hydrogen-bond donors (Lipinski definition) is 4. The molecule has 0 aliphatic carbocycles. The minimum Gasteiger partial charge on any atom is -0.484 e. The SMILES string of the molecule is C=C[C@](C)(/C=C/c1ccc(OCC(=O)N[C@@H](CCCN=C(N)N)C(=O)NCCCN(CC)CC)cc1)CCC=C(C)C. The van der Waals surface area contributed by atoms with Gasteiger partial charge in [0.1, 0.15) is 11.8 Å². The Kier molecular flexibility index (Phi) is 17.6. The van der Waals surface area contributed by atoms with E-state index in [2.05, 4.69) is 80.0 Å². The van der Waals surface area contributed by atoms with Crippen molar-refractivity contribution in [3.05, 3.63) is 60.2 Å². The number of rotatable bonds is 21. The van der Waals surface area contributed by atoms with E-state index < -0.39 is 6.04 Å². The Balaban J connectivity index is 2.67. The second-order valence-electron chi connectivity index (χ2n) is 11.0. The van der Waals surface area contributed by atoms with Crippen LogP contribution >= 0.6 is 0 Å². The van der Waals surface area contributed by atoms with Crippen molar-refractivity contribution in [2.24, 2.45) is 21.9 Å². The highest BCUT2D eigenvalue weighted by Crippen LogP contribution is 2.28. The van der Waals surface area contributed by atoms with Crippen molar-refractivity contribution in [1.82, 2.24) is 15.5 Å². The highest BCUT2D eigenvalue weighted by molar-refractivity contribution is 5.88. The summed E-state index contributed by atoms with van der Waals surface area (Å²) in [6.45, 7) is 18.2. The monoisotopic (exact) mass is 582 g/mol. The molecule has 9 nitrogen and oxygen atoms in total. The maximum absolute atomic E-state index is 12.9. The van der Waals surface area contributed by atoms with Crippen molar-refractivity contribution >= 4 is 23.8 Å². The molecule has 0 unspecified atom stereocenters. The lowest BCUT2D eigenvalue weighted by atomic mass is 9.84. The maximum atomic E-state index is 12.9. The number of hydrogen-bond acceptors (Lipinski definition) is 5. The van der Waals surface area contributed by atoms with Crippen LogP contribution in [-0.2, 0) is 9.59 Å². The van der Waals surface area contributed by atoms with Crippen LogP contribution in [0.25, 0.3) is 6.08 Å². The van der Waals surface area contributed by atoms with Crippen molar-refractivity contribution < 1.29 is 14.3 Å². The lowest BCUT2D eigenvalue weighted by Gasteiger charge is -2.21. The maximum Gasteiger partial charge on any atom is 0.258 e. The summed E-state index contributed by atoms with van der Waals surface area (Å²) in [6, 6.07) is 6.85. The van der Waals surface area contributed by atoms with Gasteiger partial charge in [0.05, 0.1) is 0 Å². The molecule has 6 N–H and O–H groups in total. The summed E-state index contributed by atoms with van der Waals surface area (Å²) >= 11 is 0. The fourth-order valence-corrected chi connectivity index (χ4v) is 4.22. The normalized spacial score (nSPS) is 13.2. The molecule has 0 saturated heterocycles. The molecule has 0 bridgehead atoms. The Bertz CT molecular complexity index is 1040. The molecule has 0 spiro atoms. The molecular formula is C33H54N6O3. The van der Waals surface area contributed by atoms with Gasteiger partial charge in [-0.05, 0) is 83.3 Å². The third-order valence-corrected chi connectivity index (χ3v) is 7.05. The van der Waals surface area contributed by atoms with Crippen molar-refractivity contribution in [3.63, 3.8) is 0 Å². The van der Waals surface area contributed by atoms with E-state index in [1.165, 1.54) is 5.57 Å². The first-order chi connectivity index (χ1) is 20.0. The summed E-state index contributed by atoms with van der Waals surface area (Å²) < 4.78 is 5.70. The van der Waals surface area contributed by atoms with Gasteiger partial charge in [0.2, 0.25) is 5.91 Å². The lowest BCUT2D eigenvalue weighted by molar-refractivity contribution is -0.130. The lowest BCUT2D eigenvalue weighted by Crippen LogP contribution is -2.48. The molecule has 234 valence electrons. The van der Waals surface area contributed by atoms with Crippen LogP contribution in [0.1, 0.15) is 72.3 Å². The number of aliphatic imine (C=N–C) groups is 1. The van der Waals surface area contributed by atoms with Crippen LogP contribution in [0.15, 0.2) is 59.6 Å². The van der Waals surface area contributed by atoms with E-state index in [0.717, 1.165) is 44.5 Å². The average Bonchev–Trinajstić information content (AvgIpc) is 2.96. The molecule has 0 fully saturated rings. The second-order valence-corrected chi connectivity index (χ2v) is 11.0. The zero-order valence-corrected chi connectivity index (χ0v) is 26.5. The Hall–Kier alpha value is -3.59. The van der Waals surface area contributed by atoms with Gasteiger partial charge in [-0.1, -0.05) is 62.8 Å². The van der Waals surface area contributed by atoms with E-state index in [4.69, 9.17) is 16.2 Å². The molecule has 0 aliphatic rings. The molecule has 9 heteroatoms. The van der Waals surface area contributed by atoms with E-state index in [1.807, 2.05) is 30.3 Å². The summed E-state index contributed by atoms with van der Waals surface area (Å²) in [4.78, 5) is 31.8. The molecular weight excluding hydrogens is 528 g/mol. The fourth-order valence-electron chi connectivity index (χ4n) is 4.22. The van der Waals surface area contributed by atoms with Gasteiger partial charge in [0, 0.05) is 18.5 Å². The first kappa shape index (κ1) is 36.4. The number of carbonyl (C=O) groups excluding carboxylic acids is 2. The van der Waals surface area contributed by atoms with Crippen LogP contribution in [-0.4, -0.2) is 68.0 Å². The van der Waals surface area contributed by atoms with Crippen LogP contribution in [0.5, 0.6) is 5.75 Å². The molecule has 1 rings (SSSR count). The number of ether oxygens (including phenoxy) is 1. The van der Waals surface area contributed by atoms with Crippen molar-refractivity contribution in [2.75, 3.05) is 39.3 Å². The summed E-state index contributed by atoms with van der Waals surface area (Å²) in [5.41, 5.74) is 13.0. The molecule has 0 aliphatic heterocycles. The minimum atomic E-state index is -0.702. The highest BCUT2D eigenvalue weighted by atomic mass is 16.5. The summed E-state index contributed by atoms with van der Waals surface area (Å²) in [5, 5.41) is 5.75. The molecule has 0 saturated carbocycles. The van der Waals surface area contributed by atoms with Gasteiger partial charge in [-0.3, -0.25) is 14.6 Å². The van der Waals surface area contributed by atoms with Gasteiger partial charge < -0.3 is 31.7 Å². The predicted octanol–water partition coefficient (Wildman–Crippen LogP) is 4.40. The molecule has 1 aromatic carbocycles. The average molecular weight is 583 g/mol. The van der Waals surface area contributed by atoms with Gasteiger partial charge in [0.15, 0.2) is 12.6 Å². The molecule has 2 amide bonds. The molecule has 42 heavy (non-hydrogen) atoms. The van der Waals surface area contributed by atoms with Crippen LogP contribution in [0, 0.1) is 5.41 Å². The highest BCUT2D eigenvalue weighted by Gasteiger charge is 2.20. The number of allylic oxidation sites excluding steroid dienone is 4. The first-order valence-electron chi connectivity index (χ1n) is 15.1. The third-order valence-electron chi connectivity index (χ3n) is 7.05. The van der Waals surface area contributed by atoms with Crippen LogP contribution in [0.3, 0.4) is 0 Å². The summed E-state index contributed by atoms with van der Waals surface area (Å²) in [6.07, 6.45) is 12.2. The van der Waals surface area contributed by atoms with Crippen LogP contribution in [0.2, 0.25) is 0 Å². The summed E-state index contributed by atoms with van der Waals surface area (Å²) in [7, 11) is 0. The quantitative estimate of drug-likeness (QED) is 0.0734. The zero-order valence-electron chi connectivity index (χ0n) is 26.5. The van der Waals surface area contributed by atoms with Gasteiger partial charge in [0.25, 0.3) is 5.91 Å². The largest absolute Gasteiger partial charge is 0.484 e. The van der Waals surface area contributed by atoms with Crippen molar-refractivity contribution in [3.8, 4) is 5.75 Å². The predicted molar refractivity (Wildman–Crippen MR) is 175 cm³/mol. The third kappa shape index (κ3) is 16.0. The fraction of sp³-hybridized carbons (Fsp3) is 0.545. The molecule has 1 aromatic rings. The minimum absolute atomic E-state index is 0.000503. The number of nitrogens with zero attached hydrogens (tertiary/aromatic N) is 2. The van der Waals surface area contributed by atoms with Crippen LogP contribution < -0.4 is 26.8 Å². The number of amides is 2. The Labute approximate surface area is 253 Å². The van der Waals surface area contributed by atoms with E-state index in [9.17, 15) is 9.59 Å². The van der Waals surface area contributed by atoms with Gasteiger partial charge in [-0.2, -0.15) is 0 Å². The zero-order chi connectivity index (χ0) is 31.4. The van der Waals surface area contributed by atoms with Gasteiger partial charge in [-0.25, -0.2) is 0 Å². The van der Waals surface area contributed by atoms with E-state index in [1.54, 1.807) is 0 Å². The first-order valence-corrected chi connectivity index (χ1v) is 15.1. The van der Waals surface area contributed by atoms with E-state index >= 15 is 0 Å². The molecule has 0 aromatic heterocycles. The Morgan fingerprint density at radius 3 is 2.43 bits per heavy atom. The Morgan fingerprint density at radius 1 is 1.14 bits per heavy atom. The number of benzene rings is 1. The number of nitrogens with two attached hydrogens (primary N) is 2. The van der Waals surface area contributed by atoms with E-state index in [-0.39, 0.29) is 29.8 Å². The van der Waals surface area contributed by atoms with Crippen molar-refractivity contribution in [2.45, 2.75) is 72.8 Å². The summed E-state index contributed by atoms with van der Waals surface area (Å²) in [5.74, 6) is -0.0265. The standard InChI is InChI=1S/C33H54N6O3/c1-7-33(6,20-10-13-26(4)5)21-19-27-15-17-28(18-16-27)42-25-30(40)38-29(14-11-22-37-32(34)35)31(41)36-23-12-24-39(8-2)9-3/h7,13,15-19,21,29H,1,8-12,14,20,22-25H2,2-6H3,(H,36,41)(H,38,40)(H4,34,35,37)/b21-19+/t29-,33-/m0/s1. The molecule has 0 heterocycles. The van der Waals surface area contributed by atoms with Gasteiger partial charge >= 0.3 is 0 Å². The molecule has 0 radical (unpaired) electrons. The van der Waals surface area contributed by atoms with Crippen molar-refractivity contribution in [1.29, 1.82) is 0 Å². The molecule has 2 atom stereocenters. The second kappa shape index (κ2) is 20.3.